The lowest BCUT2D eigenvalue weighted by Gasteiger charge is -2.37. The average Bonchev–Trinajstić information content (AvgIpc) is 2.49. The summed E-state index contributed by atoms with van der Waals surface area (Å²) in [6.45, 7) is 2.94. The van der Waals surface area contributed by atoms with Crippen molar-refractivity contribution in [2.75, 3.05) is 26.7 Å². The van der Waals surface area contributed by atoms with Gasteiger partial charge >= 0.3 is 0 Å². The number of piperidine rings is 1. The van der Waals surface area contributed by atoms with Gasteiger partial charge < -0.3 is 10.5 Å². The molecular weight excluding hydrogens is 236 g/mol. The van der Waals surface area contributed by atoms with Crippen molar-refractivity contribution in [2.24, 2.45) is 5.73 Å². The molecule has 0 aromatic heterocycles. The maximum Gasteiger partial charge on any atom is 0.0698 e. The van der Waals surface area contributed by atoms with Gasteiger partial charge in [-0.1, -0.05) is 30.3 Å². The largest absolute Gasteiger partial charge is 0.380 e. The van der Waals surface area contributed by atoms with Gasteiger partial charge in [0.25, 0.3) is 0 Å². The lowest BCUT2D eigenvalue weighted by Crippen LogP contribution is -2.48. The zero-order valence-corrected chi connectivity index (χ0v) is 11.9. The van der Waals surface area contributed by atoms with E-state index >= 15 is 0 Å². The van der Waals surface area contributed by atoms with E-state index in [2.05, 4.69) is 35.2 Å². The fourth-order valence-corrected chi connectivity index (χ4v) is 2.92. The van der Waals surface area contributed by atoms with E-state index < -0.39 is 0 Å². The first kappa shape index (κ1) is 14.5. The molecule has 0 bridgehead atoms. The molecule has 1 aromatic carbocycles. The predicted molar refractivity (Wildman–Crippen MR) is 79.2 cm³/mol. The molecule has 2 unspecified atom stereocenters. The van der Waals surface area contributed by atoms with Crippen LogP contribution in [-0.2, 0) is 11.2 Å². The molecule has 0 aliphatic carbocycles. The van der Waals surface area contributed by atoms with Crippen molar-refractivity contribution < 1.29 is 4.74 Å². The van der Waals surface area contributed by atoms with Crippen LogP contribution >= 0.6 is 0 Å². The lowest BCUT2D eigenvalue weighted by atomic mass is 10.0. The van der Waals surface area contributed by atoms with Gasteiger partial charge in [-0.05, 0) is 37.8 Å². The summed E-state index contributed by atoms with van der Waals surface area (Å²) >= 11 is 0. The van der Waals surface area contributed by atoms with Gasteiger partial charge in [0.1, 0.15) is 0 Å². The Labute approximate surface area is 116 Å². The summed E-state index contributed by atoms with van der Waals surface area (Å²) in [5, 5.41) is 0. The molecule has 1 aliphatic heterocycles. The summed E-state index contributed by atoms with van der Waals surface area (Å²) in [6, 6.07) is 11.2. The Kier molecular flexibility index (Phi) is 5.83. The van der Waals surface area contributed by atoms with E-state index in [4.69, 9.17) is 10.5 Å². The third-order valence-corrected chi connectivity index (χ3v) is 4.14. The molecule has 1 fully saturated rings. The Morgan fingerprint density at radius 3 is 2.84 bits per heavy atom. The SMILES string of the molecule is COC1CCCN(C(CN)CCc2ccccc2)C1. The van der Waals surface area contributed by atoms with Crippen LogP contribution in [0.25, 0.3) is 0 Å². The second-order valence-corrected chi connectivity index (χ2v) is 5.41. The normalized spacial score (nSPS) is 22.3. The molecule has 0 spiro atoms. The zero-order valence-electron chi connectivity index (χ0n) is 11.9. The van der Waals surface area contributed by atoms with Crippen molar-refractivity contribution in [3.05, 3.63) is 35.9 Å². The van der Waals surface area contributed by atoms with Crippen molar-refractivity contribution in [1.29, 1.82) is 0 Å². The van der Waals surface area contributed by atoms with Gasteiger partial charge in [-0.25, -0.2) is 0 Å². The van der Waals surface area contributed by atoms with Crippen molar-refractivity contribution in [2.45, 2.75) is 37.8 Å². The molecule has 1 aromatic rings. The molecule has 1 saturated heterocycles. The van der Waals surface area contributed by atoms with Crippen LogP contribution in [0.5, 0.6) is 0 Å². The molecule has 2 rings (SSSR count). The zero-order chi connectivity index (χ0) is 13.5. The van der Waals surface area contributed by atoms with E-state index in [1.807, 2.05) is 7.11 Å². The van der Waals surface area contributed by atoms with E-state index in [0.29, 0.717) is 12.1 Å². The number of benzene rings is 1. The minimum atomic E-state index is 0.388. The summed E-state index contributed by atoms with van der Waals surface area (Å²) in [7, 11) is 1.82. The van der Waals surface area contributed by atoms with Crippen LogP contribution in [0.4, 0.5) is 0 Å². The predicted octanol–water partition coefficient (Wildman–Crippen LogP) is 2.06. The highest BCUT2D eigenvalue weighted by Crippen LogP contribution is 2.17. The van der Waals surface area contributed by atoms with Crippen LogP contribution in [0.15, 0.2) is 30.3 Å². The molecule has 3 nitrogen and oxygen atoms in total. The van der Waals surface area contributed by atoms with Crippen molar-refractivity contribution in [1.82, 2.24) is 4.90 Å². The van der Waals surface area contributed by atoms with E-state index in [0.717, 1.165) is 32.5 Å². The Balaban J connectivity index is 1.85. The molecule has 1 aliphatic rings. The molecular formula is C16H26N2O. The van der Waals surface area contributed by atoms with Crippen LogP contribution < -0.4 is 5.73 Å². The molecule has 0 radical (unpaired) electrons. The van der Waals surface area contributed by atoms with E-state index in [1.165, 1.54) is 18.4 Å². The van der Waals surface area contributed by atoms with Crippen LogP contribution in [0, 0.1) is 0 Å². The van der Waals surface area contributed by atoms with Gasteiger partial charge in [0.15, 0.2) is 0 Å². The summed E-state index contributed by atoms with van der Waals surface area (Å²) in [5.41, 5.74) is 7.38. The number of likely N-dealkylation sites (tertiary alicyclic amines) is 1. The molecule has 1 heterocycles. The van der Waals surface area contributed by atoms with Gasteiger partial charge in [-0.2, -0.15) is 0 Å². The number of hydrogen-bond donors (Lipinski definition) is 1. The highest BCUT2D eigenvalue weighted by molar-refractivity contribution is 5.14. The van der Waals surface area contributed by atoms with Gasteiger partial charge in [0, 0.05) is 26.2 Å². The lowest BCUT2D eigenvalue weighted by molar-refractivity contribution is 0.0145. The fourth-order valence-electron chi connectivity index (χ4n) is 2.92. The summed E-state index contributed by atoms with van der Waals surface area (Å²) in [6.07, 6.45) is 5.04. The second kappa shape index (κ2) is 7.63. The molecule has 106 valence electrons. The third kappa shape index (κ3) is 4.30. The number of ether oxygens (including phenoxy) is 1. The van der Waals surface area contributed by atoms with Crippen LogP contribution in [0.3, 0.4) is 0 Å². The number of nitrogens with zero attached hydrogens (tertiary/aromatic N) is 1. The monoisotopic (exact) mass is 262 g/mol. The molecule has 3 heteroatoms. The van der Waals surface area contributed by atoms with Crippen LogP contribution in [-0.4, -0.2) is 43.8 Å². The summed E-state index contributed by atoms with van der Waals surface area (Å²) in [4.78, 5) is 2.51. The first-order chi connectivity index (χ1) is 9.33. The Morgan fingerprint density at radius 2 is 2.16 bits per heavy atom. The average molecular weight is 262 g/mol. The minimum Gasteiger partial charge on any atom is -0.380 e. The first-order valence-corrected chi connectivity index (χ1v) is 7.34. The summed E-state index contributed by atoms with van der Waals surface area (Å²) in [5.74, 6) is 0. The first-order valence-electron chi connectivity index (χ1n) is 7.34. The van der Waals surface area contributed by atoms with E-state index in [-0.39, 0.29) is 0 Å². The van der Waals surface area contributed by atoms with Gasteiger partial charge in [-0.3, -0.25) is 4.90 Å². The summed E-state index contributed by atoms with van der Waals surface area (Å²) < 4.78 is 5.50. The second-order valence-electron chi connectivity index (χ2n) is 5.41. The maximum atomic E-state index is 5.97. The number of nitrogens with two attached hydrogens (primary N) is 1. The number of methoxy groups -OCH3 is 1. The van der Waals surface area contributed by atoms with Gasteiger partial charge in [-0.15, -0.1) is 0 Å². The van der Waals surface area contributed by atoms with E-state index in [9.17, 15) is 0 Å². The maximum absolute atomic E-state index is 5.97. The smallest absolute Gasteiger partial charge is 0.0698 e. The quantitative estimate of drug-likeness (QED) is 0.853. The molecule has 0 saturated carbocycles. The topological polar surface area (TPSA) is 38.5 Å². The molecule has 2 atom stereocenters. The Hall–Kier alpha value is -0.900. The van der Waals surface area contributed by atoms with E-state index in [1.54, 1.807) is 0 Å². The van der Waals surface area contributed by atoms with Gasteiger partial charge in [0.05, 0.1) is 6.10 Å². The Bertz CT molecular complexity index is 355. The highest BCUT2D eigenvalue weighted by Gasteiger charge is 2.24. The Morgan fingerprint density at radius 1 is 1.37 bits per heavy atom. The number of aryl methyl sites for hydroxylation is 1. The fraction of sp³-hybridized carbons (Fsp3) is 0.625. The van der Waals surface area contributed by atoms with Gasteiger partial charge in [0.2, 0.25) is 0 Å². The molecule has 2 N–H and O–H groups in total. The van der Waals surface area contributed by atoms with Crippen molar-refractivity contribution in [3.63, 3.8) is 0 Å². The van der Waals surface area contributed by atoms with Crippen molar-refractivity contribution in [3.8, 4) is 0 Å². The third-order valence-electron chi connectivity index (χ3n) is 4.14. The standard InChI is InChI=1S/C16H26N2O/c1-19-16-8-5-11-18(13-16)15(12-17)10-9-14-6-3-2-4-7-14/h2-4,6-7,15-16H,5,8-13,17H2,1H3. The number of rotatable bonds is 6. The van der Waals surface area contributed by atoms with Crippen LogP contribution in [0.2, 0.25) is 0 Å². The molecule has 0 amide bonds. The minimum absolute atomic E-state index is 0.388. The molecule has 19 heavy (non-hydrogen) atoms. The van der Waals surface area contributed by atoms with Crippen molar-refractivity contribution >= 4 is 0 Å². The number of hydrogen-bond acceptors (Lipinski definition) is 3. The highest BCUT2D eigenvalue weighted by atomic mass is 16.5. The van der Waals surface area contributed by atoms with Crippen LogP contribution in [0.1, 0.15) is 24.8 Å².